The van der Waals surface area contributed by atoms with Gasteiger partial charge in [-0.15, -0.1) is 0 Å². The standard InChI is InChI=1S/C11H21NO2/c13-8-7-12-11(14)9-10-5-3-1-2-4-6-10/h10,13H,1-9H2,(H,12,14). The Morgan fingerprint density at radius 2 is 1.86 bits per heavy atom. The number of amides is 1. The van der Waals surface area contributed by atoms with Gasteiger partial charge in [-0.2, -0.15) is 0 Å². The predicted molar refractivity (Wildman–Crippen MR) is 55.9 cm³/mol. The van der Waals surface area contributed by atoms with Crippen molar-refractivity contribution in [2.45, 2.75) is 44.9 Å². The highest BCUT2D eigenvalue weighted by Crippen LogP contribution is 2.25. The first kappa shape index (κ1) is 11.5. The molecule has 0 radical (unpaired) electrons. The zero-order valence-electron chi connectivity index (χ0n) is 8.80. The number of aliphatic hydroxyl groups excluding tert-OH is 1. The molecule has 0 heterocycles. The van der Waals surface area contributed by atoms with Crippen molar-refractivity contribution < 1.29 is 9.90 Å². The highest BCUT2D eigenvalue weighted by Gasteiger charge is 2.15. The topological polar surface area (TPSA) is 49.3 Å². The van der Waals surface area contributed by atoms with Gasteiger partial charge in [-0.1, -0.05) is 25.7 Å². The summed E-state index contributed by atoms with van der Waals surface area (Å²) < 4.78 is 0. The van der Waals surface area contributed by atoms with E-state index in [0.717, 1.165) is 0 Å². The van der Waals surface area contributed by atoms with Gasteiger partial charge in [0.25, 0.3) is 0 Å². The lowest BCUT2D eigenvalue weighted by atomic mass is 9.96. The molecular formula is C11H21NO2. The lowest BCUT2D eigenvalue weighted by molar-refractivity contribution is -0.122. The molecule has 1 saturated carbocycles. The van der Waals surface area contributed by atoms with Gasteiger partial charge in [0.1, 0.15) is 0 Å². The fourth-order valence-corrected chi connectivity index (χ4v) is 2.10. The zero-order chi connectivity index (χ0) is 10.2. The Morgan fingerprint density at radius 3 is 2.43 bits per heavy atom. The lowest BCUT2D eigenvalue weighted by Crippen LogP contribution is -2.28. The number of rotatable bonds is 4. The van der Waals surface area contributed by atoms with Crippen molar-refractivity contribution in [2.24, 2.45) is 5.92 Å². The van der Waals surface area contributed by atoms with Crippen molar-refractivity contribution in [3.05, 3.63) is 0 Å². The van der Waals surface area contributed by atoms with E-state index in [1.807, 2.05) is 0 Å². The van der Waals surface area contributed by atoms with Gasteiger partial charge in [-0.3, -0.25) is 4.79 Å². The van der Waals surface area contributed by atoms with E-state index >= 15 is 0 Å². The summed E-state index contributed by atoms with van der Waals surface area (Å²) in [5, 5.41) is 11.3. The molecule has 14 heavy (non-hydrogen) atoms. The summed E-state index contributed by atoms with van der Waals surface area (Å²) in [5.74, 6) is 0.683. The normalized spacial score (nSPS) is 18.9. The minimum absolute atomic E-state index is 0.0381. The Hall–Kier alpha value is -0.570. The first-order chi connectivity index (χ1) is 6.83. The third kappa shape index (κ3) is 4.61. The van der Waals surface area contributed by atoms with Crippen LogP contribution in [0, 0.1) is 5.92 Å². The number of hydrogen-bond donors (Lipinski definition) is 2. The monoisotopic (exact) mass is 199 g/mol. The molecule has 1 amide bonds. The first-order valence-electron chi connectivity index (χ1n) is 5.70. The van der Waals surface area contributed by atoms with E-state index in [1.165, 1.54) is 38.5 Å². The Labute approximate surface area is 85.9 Å². The summed E-state index contributed by atoms with van der Waals surface area (Å²) in [6.07, 6.45) is 8.26. The molecular weight excluding hydrogens is 178 g/mol. The van der Waals surface area contributed by atoms with Crippen LogP contribution in [0.15, 0.2) is 0 Å². The van der Waals surface area contributed by atoms with Gasteiger partial charge in [-0.05, 0) is 18.8 Å². The van der Waals surface area contributed by atoms with E-state index in [-0.39, 0.29) is 12.5 Å². The molecule has 1 aliphatic carbocycles. The fourth-order valence-electron chi connectivity index (χ4n) is 2.10. The molecule has 0 aromatic heterocycles. The van der Waals surface area contributed by atoms with E-state index in [1.54, 1.807) is 0 Å². The second kappa shape index (κ2) is 6.82. The molecule has 0 atom stereocenters. The van der Waals surface area contributed by atoms with E-state index in [0.29, 0.717) is 18.9 Å². The molecule has 0 aromatic rings. The SMILES string of the molecule is O=C(CC1CCCCCC1)NCCO. The first-order valence-corrected chi connectivity index (χ1v) is 5.70. The van der Waals surface area contributed by atoms with E-state index in [9.17, 15) is 4.79 Å². The Bertz CT molecular complexity index is 163. The van der Waals surface area contributed by atoms with Crippen LogP contribution >= 0.6 is 0 Å². The van der Waals surface area contributed by atoms with Crippen molar-refractivity contribution in [3.8, 4) is 0 Å². The van der Waals surface area contributed by atoms with Crippen molar-refractivity contribution in [3.63, 3.8) is 0 Å². The van der Waals surface area contributed by atoms with Crippen molar-refractivity contribution in [1.29, 1.82) is 0 Å². The summed E-state index contributed by atoms with van der Waals surface area (Å²) >= 11 is 0. The Morgan fingerprint density at radius 1 is 1.21 bits per heavy atom. The quantitative estimate of drug-likeness (QED) is 0.673. The van der Waals surface area contributed by atoms with E-state index in [4.69, 9.17) is 5.11 Å². The smallest absolute Gasteiger partial charge is 0.220 e. The van der Waals surface area contributed by atoms with E-state index < -0.39 is 0 Å². The summed E-state index contributed by atoms with van der Waals surface area (Å²) in [4.78, 5) is 11.4. The molecule has 3 nitrogen and oxygen atoms in total. The highest BCUT2D eigenvalue weighted by molar-refractivity contribution is 5.76. The predicted octanol–water partition coefficient (Wildman–Crippen LogP) is 1.46. The third-order valence-electron chi connectivity index (χ3n) is 2.88. The second-order valence-corrected chi connectivity index (χ2v) is 4.14. The molecule has 0 spiro atoms. The fraction of sp³-hybridized carbons (Fsp3) is 0.909. The van der Waals surface area contributed by atoms with Crippen LogP contribution in [0.3, 0.4) is 0 Å². The largest absolute Gasteiger partial charge is 0.395 e. The number of carbonyl (C=O) groups excluding carboxylic acids is 1. The molecule has 2 N–H and O–H groups in total. The number of carbonyl (C=O) groups is 1. The number of aliphatic hydroxyl groups is 1. The van der Waals surface area contributed by atoms with Gasteiger partial charge >= 0.3 is 0 Å². The second-order valence-electron chi connectivity index (χ2n) is 4.14. The zero-order valence-corrected chi connectivity index (χ0v) is 8.80. The van der Waals surface area contributed by atoms with Crippen LogP contribution in [0.25, 0.3) is 0 Å². The molecule has 1 aliphatic rings. The maximum atomic E-state index is 11.4. The molecule has 1 fully saturated rings. The summed E-state index contributed by atoms with van der Waals surface area (Å²) in [6.45, 7) is 0.433. The summed E-state index contributed by atoms with van der Waals surface area (Å²) in [5.41, 5.74) is 0. The average molecular weight is 199 g/mol. The Kier molecular flexibility index (Phi) is 5.60. The van der Waals surface area contributed by atoms with Crippen LogP contribution in [0.2, 0.25) is 0 Å². The molecule has 0 aliphatic heterocycles. The highest BCUT2D eigenvalue weighted by atomic mass is 16.3. The van der Waals surface area contributed by atoms with Crippen LogP contribution in [-0.4, -0.2) is 24.2 Å². The molecule has 3 heteroatoms. The molecule has 82 valence electrons. The van der Waals surface area contributed by atoms with Crippen LogP contribution in [0.1, 0.15) is 44.9 Å². The van der Waals surface area contributed by atoms with Crippen LogP contribution < -0.4 is 5.32 Å². The van der Waals surface area contributed by atoms with Gasteiger partial charge < -0.3 is 10.4 Å². The van der Waals surface area contributed by atoms with Crippen molar-refractivity contribution in [2.75, 3.05) is 13.2 Å². The average Bonchev–Trinajstić information content (AvgIpc) is 2.43. The Balaban J connectivity index is 2.17. The van der Waals surface area contributed by atoms with Gasteiger partial charge in [0.15, 0.2) is 0 Å². The summed E-state index contributed by atoms with van der Waals surface area (Å²) in [7, 11) is 0. The van der Waals surface area contributed by atoms with Crippen molar-refractivity contribution >= 4 is 5.91 Å². The van der Waals surface area contributed by atoms with Gasteiger partial charge in [0.2, 0.25) is 5.91 Å². The minimum atomic E-state index is 0.0381. The van der Waals surface area contributed by atoms with Crippen LogP contribution in [0.4, 0.5) is 0 Å². The molecule has 1 rings (SSSR count). The molecule has 0 unspecified atom stereocenters. The number of nitrogens with one attached hydrogen (secondary N) is 1. The van der Waals surface area contributed by atoms with Crippen molar-refractivity contribution in [1.82, 2.24) is 5.32 Å². The molecule has 0 aromatic carbocycles. The molecule has 0 saturated heterocycles. The summed E-state index contributed by atoms with van der Waals surface area (Å²) in [6, 6.07) is 0. The minimum Gasteiger partial charge on any atom is -0.395 e. The van der Waals surface area contributed by atoms with E-state index in [2.05, 4.69) is 5.32 Å². The van der Waals surface area contributed by atoms with Gasteiger partial charge in [0, 0.05) is 13.0 Å². The number of hydrogen-bond acceptors (Lipinski definition) is 2. The maximum absolute atomic E-state index is 11.4. The van der Waals surface area contributed by atoms with Crippen LogP contribution in [-0.2, 0) is 4.79 Å². The lowest BCUT2D eigenvalue weighted by Gasteiger charge is -2.12. The maximum Gasteiger partial charge on any atom is 0.220 e. The third-order valence-corrected chi connectivity index (χ3v) is 2.88. The van der Waals surface area contributed by atoms with Gasteiger partial charge in [-0.25, -0.2) is 0 Å². The molecule has 0 bridgehead atoms. The van der Waals surface area contributed by atoms with Crippen LogP contribution in [0.5, 0.6) is 0 Å². The van der Waals surface area contributed by atoms with Gasteiger partial charge in [0.05, 0.1) is 6.61 Å².